The fraction of sp³-hybridized carbons (Fsp3) is 0.0714. The number of nitriles is 1. The Balaban J connectivity index is 2.04. The van der Waals surface area contributed by atoms with Gasteiger partial charge in [-0.25, -0.2) is 9.97 Å². The van der Waals surface area contributed by atoms with Crippen LogP contribution in [0.25, 0.3) is 11.2 Å². The quantitative estimate of drug-likeness (QED) is 0.730. The van der Waals surface area contributed by atoms with E-state index in [1.165, 1.54) is 0 Å². The van der Waals surface area contributed by atoms with Gasteiger partial charge in [-0.05, 0) is 33.6 Å². The molecule has 0 amide bonds. The fourth-order valence-corrected chi connectivity index (χ4v) is 2.31. The molecule has 0 saturated carbocycles. The molecule has 0 aliphatic heterocycles. The summed E-state index contributed by atoms with van der Waals surface area (Å²) in [5, 5.41) is 9.10. The predicted molar refractivity (Wildman–Crippen MR) is 75.5 cm³/mol. The van der Waals surface area contributed by atoms with Crippen LogP contribution in [0, 0.1) is 11.3 Å². The zero-order valence-electron chi connectivity index (χ0n) is 9.92. The second kappa shape index (κ2) is 4.82. The molecule has 92 valence electrons. The molecule has 3 rings (SSSR count). The molecule has 0 spiro atoms. The molecule has 0 fully saturated rings. The van der Waals surface area contributed by atoms with Crippen molar-refractivity contribution < 1.29 is 0 Å². The van der Waals surface area contributed by atoms with Gasteiger partial charge in [-0.1, -0.05) is 18.2 Å². The molecule has 0 atom stereocenters. The van der Waals surface area contributed by atoms with Crippen LogP contribution in [-0.2, 0) is 6.54 Å². The Bertz CT molecular complexity index is 785. The van der Waals surface area contributed by atoms with Crippen LogP contribution in [0.4, 0.5) is 0 Å². The third-order valence-electron chi connectivity index (χ3n) is 2.90. The van der Waals surface area contributed by atoms with Crippen molar-refractivity contribution in [2.75, 3.05) is 0 Å². The molecule has 0 radical (unpaired) electrons. The Hall–Kier alpha value is -2.19. The number of benzene rings is 1. The van der Waals surface area contributed by atoms with Gasteiger partial charge in [0, 0.05) is 10.7 Å². The lowest BCUT2D eigenvalue weighted by Crippen LogP contribution is -2.01. The SMILES string of the molecule is N#Cc1ccccc1Cn1cnc2cc(Br)cnc21. The van der Waals surface area contributed by atoms with E-state index in [2.05, 4.69) is 32.0 Å². The first kappa shape index (κ1) is 11.9. The summed E-state index contributed by atoms with van der Waals surface area (Å²) in [6.07, 6.45) is 3.50. The van der Waals surface area contributed by atoms with Crippen LogP contribution >= 0.6 is 15.9 Å². The van der Waals surface area contributed by atoms with Crippen LogP contribution in [0.2, 0.25) is 0 Å². The second-order valence-electron chi connectivity index (χ2n) is 4.14. The third-order valence-corrected chi connectivity index (χ3v) is 3.33. The van der Waals surface area contributed by atoms with E-state index in [0.29, 0.717) is 12.1 Å². The highest BCUT2D eigenvalue weighted by Gasteiger charge is 2.07. The molecule has 0 aliphatic carbocycles. The van der Waals surface area contributed by atoms with E-state index >= 15 is 0 Å². The molecule has 0 aliphatic rings. The summed E-state index contributed by atoms with van der Waals surface area (Å²) in [4.78, 5) is 8.68. The highest BCUT2D eigenvalue weighted by molar-refractivity contribution is 9.10. The van der Waals surface area contributed by atoms with E-state index in [0.717, 1.165) is 21.2 Å². The van der Waals surface area contributed by atoms with Gasteiger partial charge in [0.15, 0.2) is 5.65 Å². The van der Waals surface area contributed by atoms with Gasteiger partial charge in [0.05, 0.1) is 24.5 Å². The Morgan fingerprint density at radius 2 is 2.11 bits per heavy atom. The van der Waals surface area contributed by atoms with Gasteiger partial charge in [0.1, 0.15) is 5.52 Å². The van der Waals surface area contributed by atoms with E-state index in [1.807, 2.05) is 34.9 Å². The zero-order chi connectivity index (χ0) is 13.2. The fourth-order valence-electron chi connectivity index (χ4n) is 1.99. The number of hydrogen-bond acceptors (Lipinski definition) is 3. The number of aromatic nitrogens is 3. The maximum Gasteiger partial charge on any atom is 0.160 e. The van der Waals surface area contributed by atoms with Crippen LogP contribution in [0.15, 0.2) is 47.3 Å². The second-order valence-corrected chi connectivity index (χ2v) is 5.05. The minimum atomic E-state index is 0.592. The van der Waals surface area contributed by atoms with Gasteiger partial charge in [0.2, 0.25) is 0 Å². The number of halogens is 1. The number of nitrogens with zero attached hydrogens (tertiary/aromatic N) is 4. The molecule has 0 N–H and O–H groups in total. The van der Waals surface area contributed by atoms with E-state index in [9.17, 15) is 0 Å². The number of fused-ring (bicyclic) bond motifs is 1. The summed E-state index contributed by atoms with van der Waals surface area (Å²) in [6.45, 7) is 0.592. The van der Waals surface area contributed by atoms with Crippen LogP contribution in [0.3, 0.4) is 0 Å². The lowest BCUT2D eigenvalue weighted by Gasteiger charge is -2.05. The molecule has 0 bridgehead atoms. The van der Waals surface area contributed by atoms with Crippen molar-refractivity contribution in [3.8, 4) is 6.07 Å². The van der Waals surface area contributed by atoms with Gasteiger partial charge < -0.3 is 4.57 Å². The normalized spacial score (nSPS) is 10.5. The van der Waals surface area contributed by atoms with Crippen LogP contribution in [0.1, 0.15) is 11.1 Å². The summed E-state index contributed by atoms with van der Waals surface area (Å²) < 4.78 is 2.85. The minimum absolute atomic E-state index is 0.592. The molecule has 0 saturated heterocycles. The number of hydrogen-bond donors (Lipinski definition) is 0. The van der Waals surface area contributed by atoms with E-state index in [4.69, 9.17) is 5.26 Å². The van der Waals surface area contributed by atoms with Gasteiger partial charge >= 0.3 is 0 Å². The molecule has 2 heterocycles. The van der Waals surface area contributed by atoms with E-state index in [-0.39, 0.29) is 0 Å². The molecule has 0 unspecified atom stereocenters. The van der Waals surface area contributed by atoms with Gasteiger partial charge in [-0.3, -0.25) is 0 Å². The molecule has 19 heavy (non-hydrogen) atoms. The van der Waals surface area contributed by atoms with Crippen molar-refractivity contribution in [2.45, 2.75) is 6.54 Å². The standard InChI is InChI=1S/C14H9BrN4/c15-12-5-13-14(17-7-12)19(9-18-13)8-11-4-2-1-3-10(11)6-16/h1-5,7,9H,8H2. The van der Waals surface area contributed by atoms with Crippen LogP contribution in [0.5, 0.6) is 0 Å². The Morgan fingerprint density at radius 1 is 1.26 bits per heavy atom. The van der Waals surface area contributed by atoms with Crippen molar-refractivity contribution in [3.63, 3.8) is 0 Å². The topological polar surface area (TPSA) is 54.5 Å². The molecule has 2 aromatic heterocycles. The summed E-state index contributed by atoms with van der Waals surface area (Å²) in [6, 6.07) is 11.7. The highest BCUT2D eigenvalue weighted by Crippen LogP contribution is 2.18. The van der Waals surface area contributed by atoms with Gasteiger partial charge in [-0.2, -0.15) is 5.26 Å². The van der Waals surface area contributed by atoms with E-state index < -0.39 is 0 Å². The van der Waals surface area contributed by atoms with Crippen molar-refractivity contribution in [2.24, 2.45) is 0 Å². The first-order chi connectivity index (χ1) is 9.28. The predicted octanol–water partition coefficient (Wildman–Crippen LogP) is 3.11. The largest absolute Gasteiger partial charge is 0.311 e. The third kappa shape index (κ3) is 2.23. The maximum atomic E-state index is 9.10. The molecule has 4 nitrogen and oxygen atoms in total. The Kier molecular flexibility index (Phi) is 3.02. The Morgan fingerprint density at radius 3 is 2.95 bits per heavy atom. The molecule has 5 heteroatoms. The highest BCUT2D eigenvalue weighted by atomic mass is 79.9. The van der Waals surface area contributed by atoms with E-state index in [1.54, 1.807) is 12.5 Å². The summed E-state index contributed by atoms with van der Waals surface area (Å²) in [5.41, 5.74) is 3.30. The maximum absolute atomic E-state index is 9.10. The first-order valence-electron chi connectivity index (χ1n) is 5.72. The lowest BCUT2D eigenvalue weighted by atomic mass is 10.1. The smallest absolute Gasteiger partial charge is 0.160 e. The monoisotopic (exact) mass is 312 g/mol. The first-order valence-corrected chi connectivity index (χ1v) is 6.51. The summed E-state index contributed by atoms with van der Waals surface area (Å²) in [7, 11) is 0. The van der Waals surface area contributed by atoms with Crippen molar-refractivity contribution in [1.82, 2.24) is 14.5 Å². The van der Waals surface area contributed by atoms with Crippen LogP contribution < -0.4 is 0 Å². The number of pyridine rings is 1. The van der Waals surface area contributed by atoms with Crippen molar-refractivity contribution in [1.29, 1.82) is 5.26 Å². The van der Waals surface area contributed by atoms with Gasteiger partial charge in [0.25, 0.3) is 0 Å². The average Bonchev–Trinajstić information content (AvgIpc) is 2.82. The molecule has 1 aromatic carbocycles. The summed E-state index contributed by atoms with van der Waals surface area (Å²) in [5.74, 6) is 0. The zero-order valence-corrected chi connectivity index (χ0v) is 11.5. The number of imidazole rings is 1. The van der Waals surface area contributed by atoms with Gasteiger partial charge in [-0.15, -0.1) is 0 Å². The minimum Gasteiger partial charge on any atom is -0.311 e. The van der Waals surface area contributed by atoms with Crippen molar-refractivity contribution >= 4 is 27.1 Å². The molecular formula is C14H9BrN4. The molecular weight excluding hydrogens is 304 g/mol. The van der Waals surface area contributed by atoms with Crippen LogP contribution in [-0.4, -0.2) is 14.5 Å². The Labute approximate surface area is 118 Å². The lowest BCUT2D eigenvalue weighted by molar-refractivity contribution is 0.812. The average molecular weight is 313 g/mol. The molecule has 3 aromatic rings. The van der Waals surface area contributed by atoms with Crippen molar-refractivity contribution in [3.05, 3.63) is 58.5 Å². The summed E-state index contributed by atoms with van der Waals surface area (Å²) >= 11 is 3.38. The number of rotatable bonds is 2.